The van der Waals surface area contributed by atoms with Crippen molar-refractivity contribution >= 4 is 10.0 Å². The summed E-state index contributed by atoms with van der Waals surface area (Å²) in [5.41, 5.74) is 3.16. The first-order valence-electron chi connectivity index (χ1n) is 9.37. The standard InChI is InChI=1S/C21H28N2O3S/c1-18-6-8-20(9-7-18)17-27(24,25)23-12-10-22(11-13-23)14-15-26-21-5-3-4-19(2)16-21/h3-9,16H,10-15,17H2,1-2H3. The van der Waals surface area contributed by atoms with Gasteiger partial charge in [0.25, 0.3) is 0 Å². The zero-order valence-corrected chi connectivity index (χ0v) is 16.9. The molecule has 2 aromatic rings. The Morgan fingerprint density at radius 2 is 1.63 bits per heavy atom. The van der Waals surface area contributed by atoms with Gasteiger partial charge in [-0.3, -0.25) is 4.90 Å². The maximum absolute atomic E-state index is 12.7. The Bertz CT molecular complexity index is 842. The lowest BCUT2D eigenvalue weighted by Gasteiger charge is -2.33. The number of sulfonamides is 1. The van der Waals surface area contributed by atoms with Gasteiger partial charge in [-0.1, -0.05) is 42.0 Å². The van der Waals surface area contributed by atoms with Crippen molar-refractivity contribution in [1.82, 2.24) is 9.21 Å². The van der Waals surface area contributed by atoms with Gasteiger partial charge in [-0.15, -0.1) is 0 Å². The quantitative estimate of drug-likeness (QED) is 0.732. The van der Waals surface area contributed by atoms with Gasteiger partial charge in [-0.2, -0.15) is 4.31 Å². The fourth-order valence-corrected chi connectivity index (χ4v) is 4.73. The van der Waals surface area contributed by atoms with E-state index in [2.05, 4.69) is 4.90 Å². The number of rotatable bonds is 7. The second-order valence-electron chi connectivity index (χ2n) is 7.15. The molecule has 5 nitrogen and oxygen atoms in total. The topological polar surface area (TPSA) is 49.9 Å². The molecule has 0 aromatic heterocycles. The van der Waals surface area contributed by atoms with Gasteiger partial charge < -0.3 is 4.74 Å². The molecule has 0 radical (unpaired) electrons. The number of hydrogen-bond donors (Lipinski definition) is 0. The van der Waals surface area contributed by atoms with E-state index in [1.165, 1.54) is 5.56 Å². The largest absolute Gasteiger partial charge is 0.492 e. The molecule has 0 amide bonds. The Kier molecular flexibility index (Phi) is 6.52. The molecule has 3 rings (SSSR count). The predicted molar refractivity (Wildman–Crippen MR) is 108 cm³/mol. The van der Waals surface area contributed by atoms with Crippen LogP contribution in [0.4, 0.5) is 0 Å². The van der Waals surface area contributed by atoms with E-state index in [0.717, 1.165) is 36.5 Å². The minimum absolute atomic E-state index is 0.0732. The summed E-state index contributed by atoms with van der Waals surface area (Å²) in [5.74, 6) is 0.957. The number of ether oxygens (including phenoxy) is 1. The molecule has 2 aromatic carbocycles. The molecule has 1 heterocycles. The molecule has 0 atom stereocenters. The van der Waals surface area contributed by atoms with E-state index in [0.29, 0.717) is 19.7 Å². The summed E-state index contributed by atoms with van der Waals surface area (Å²) in [4.78, 5) is 2.26. The summed E-state index contributed by atoms with van der Waals surface area (Å²) in [6.45, 7) is 8.02. The maximum atomic E-state index is 12.7. The van der Waals surface area contributed by atoms with Crippen molar-refractivity contribution in [2.45, 2.75) is 19.6 Å². The first-order valence-corrected chi connectivity index (χ1v) is 11.0. The lowest BCUT2D eigenvalue weighted by Crippen LogP contribution is -2.49. The van der Waals surface area contributed by atoms with Crippen LogP contribution in [0.1, 0.15) is 16.7 Å². The van der Waals surface area contributed by atoms with E-state index in [1.54, 1.807) is 4.31 Å². The molecule has 0 N–H and O–H groups in total. The van der Waals surface area contributed by atoms with Gasteiger partial charge in [0.1, 0.15) is 12.4 Å². The number of hydrogen-bond acceptors (Lipinski definition) is 4. The van der Waals surface area contributed by atoms with Crippen LogP contribution < -0.4 is 4.74 Å². The Hall–Kier alpha value is -1.89. The van der Waals surface area contributed by atoms with Gasteiger partial charge in [0.15, 0.2) is 0 Å². The van der Waals surface area contributed by atoms with Crippen molar-refractivity contribution in [3.8, 4) is 5.75 Å². The fraction of sp³-hybridized carbons (Fsp3) is 0.429. The Morgan fingerprint density at radius 1 is 0.926 bits per heavy atom. The average molecular weight is 389 g/mol. The van der Waals surface area contributed by atoms with Gasteiger partial charge in [-0.05, 0) is 37.1 Å². The molecule has 146 valence electrons. The smallest absolute Gasteiger partial charge is 0.218 e. The molecule has 6 heteroatoms. The van der Waals surface area contributed by atoms with Crippen LogP contribution in [0, 0.1) is 13.8 Å². The van der Waals surface area contributed by atoms with Crippen LogP contribution in [0.25, 0.3) is 0 Å². The zero-order valence-electron chi connectivity index (χ0n) is 16.1. The van der Waals surface area contributed by atoms with Gasteiger partial charge in [0.2, 0.25) is 10.0 Å². The van der Waals surface area contributed by atoms with Crippen LogP contribution in [-0.2, 0) is 15.8 Å². The average Bonchev–Trinajstić information content (AvgIpc) is 2.64. The van der Waals surface area contributed by atoms with Crippen molar-refractivity contribution in [2.24, 2.45) is 0 Å². The lowest BCUT2D eigenvalue weighted by molar-refractivity contribution is 0.159. The maximum Gasteiger partial charge on any atom is 0.218 e. The second kappa shape index (κ2) is 8.87. The number of aryl methyl sites for hydroxylation is 2. The Labute approximate surface area is 162 Å². The highest BCUT2D eigenvalue weighted by atomic mass is 32.2. The molecule has 0 aliphatic carbocycles. The molecule has 0 unspecified atom stereocenters. The molecule has 1 aliphatic heterocycles. The molecule has 0 saturated carbocycles. The Balaban J connectivity index is 1.44. The number of nitrogens with zero attached hydrogens (tertiary/aromatic N) is 2. The minimum Gasteiger partial charge on any atom is -0.492 e. The van der Waals surface area contributed by atoms with Crippen molar-refractivity contribution in [3.05, 3.63) is 65.2 Å². The second-order valence-corrected chi connectivity index (χ2v) is 9.12. The zero-order chi connectivity index (χ0) is 19.3. The van der Waals surface area contributed by atoms with Crippen LogP contribution >= 0.6 is 0 Å². The highest BCUT2D eigenvalue weighted by Gasteiger charge is 2.26. The first-order chi connectivity index (χ1) is 12.9. The van der Waals surface area contributed by atoms with Crippen molar-refractivity contribution in [1.29, 1.82) is 0 Å². The van der Waals surface area contributed by atoms with Crippen molar-refractivity contribution < 1.29 is 13.2 Å². The fourth-order valence-electron chi connectivity index (χ4n) is 3.22. The molecule has 1 aliphatic rings. The highest BCUT2D eigenvalue weighted by molar-refractivity contribution is 7.88. The van der Waals surface area contributed by atoms with E-state index in [4.69, 9.17) is 4.74 Å². The van der Waals surface area contributed by atoms with Crippen molar-refractivity contribution in [3.63, 3.8) is 0 Å². The third kappa shape index (κ3) is 5.79. The summed E-state index contributed by atoms with van der Waals surface area (Å²) in [5, 5.41) is 0. The van der Waals surface area contributed by atoms with E-state index in [-0.39, 0.29) is 5.75 Å². The third-order valence-corrected chi connectivity index (χ3v) is 6.71. The summed E-state index contributed by atoms with van der Waals surface area (Å²) in [6, 6.07) is 15.7. The van der Waals surface area contributed by atoms with Crippen LogP contribution in [-0.4, -0.2) is 57.0 Å². The third-order valence-electron chi connectivity index (χ3n) is 4.86. The molecule has 27 heavy (non-hydrogen) atoms. The highest BCUT2D eigenvalue weighted by Crippen LogP contribution is 2.15. The van der Waals surface area contributed by atoms with E-state index < -0.39 is 10.0 Å². The molecule has 0 bridgehead atoms. The molecule has 0 spiro atoms. The van der Waals surface area contributed by atoms with Gasteiger partial charge in [0.05, 0.1) is 5.75 Å². The van der Waals surface area contributed by atoms with E-state index >= 15 is 0 Å². The summed E-state index contributed by atoms with van der Waals surface area (Å²) < 4.78 is 32.7. The lowest BCUT2D eigenvalue weighted by atomic mass is 10.2. The van der Waals surface area contributed by atoms with Crippen LogP contribution in [0.5, 0.6) is 5.75 Å². The normalized spacial score (nSPS) is 16.4. The Morgan fingerprint density at radius 3 is 2.30 bits per heavy atom. The molecular formula is C21H28N2O3S. The van der Waals surface area contributed by atoms with E-state index in [1.807, 2.05) is 62.4 Å². The number of piperazine rings is 1. The van der Waals surface area contributed by atoms with Crippen molar-refractivity contribution in [2.75, 3.05) is 39.3 Å². The minimum atomic E-state index is -3.27. The predicted octanol–water partition coefficient (Wildman–Crippen LogP) is 2.83. The molecule has 1 fully saturated rings. The van der Waals surface area contributed by atoms with Gasteiger partial charge >= 0.3 is 0 Å². The van der Waals surface area contributed by atoms with Crippen LogP contribution in [0.3, 0.4) is 0 Å². The van der Waals surface area contributed by atoms with Gasteiger partial charge in [-0.25, -0.2) is 8.42 Å². The number of benzene rings is 2. The summed E-state index contributed by atoms with van der Waals surface area (Å²) in [6.07, 6.45) is 0. The SMILES string of the molecule is Cc1ccc(CS(=O)(=O)N2CCN(CCOc3cccc(C)c3)CC2)cc1. The summed E-state index contributed by atoms with van der Waals surface area (Å²) in [7, 11) is -3.27. The molecular weight excluding hydrogens is 360 g/mol. The monoisotopic (exact) mass is 388 g/mol. The molecule has 1 saturated heterocycles. The van der Waals surface area contributed by atoms with Crippen LogP contribution in [0.15, 0.2) is 48.5 Å². The van der Waals surface area contributed by atoms with E-state index in [9.17, 15) is 8.42 Å². The summed E-state index contributed by atoms with van der Waals surface area (Å²) >= 11 is 0. The van der Waals surface area contributed by atoms with Crippen LogP contribution in [0.2, 0.25) is 0 Å². The van der Waals surface area contributed by atoms with Gasteiger partial charge in [0, 0.05) is 32.7 Å². The first kappa shape index (κ1) is 19.9.